The summed E-state index contributed by atoms with van der Waals surface area (Å²) in [5.74, 6) is 0.315. The molecule has 0 aromatic heterocycles. The number of ketones is 1. The number of allylic oxidation sites excluding steroid dienone is 1. The van der Waals surface area contributed by atoms with Gasteiger partial charge in [0.2, 0.25) is 0 Å². The molecule has 0 saturated carbocycles. The molecule has 3 heteroatoms. The van der Waals surface area contributed by atoms with Gasteiger partial charge in [-0.25, -0.2) is 4.39 Å². The van der Waals surface area contributed by atoms with Crippen LogP contribution in [0.3, 0.4) is 0 Å². The Morgan fingerprint density at radius 3 is 1.94 bits per heavy atom. The number of carbonyl (C=O) groups excluding carboxylic acids is 1. The van der Waals surface area contributed by atoms with E-state index in [1.54, 1.807) is 18.2 Å². The first kappa shape index (κ1) is 18.8. The van der Waals surface area contributed by atoms with Crippen molar-refractivity contribution < 1.29 is 13.9 Å². The van der Waals surface area contributed by atoms with Gasteiger partial charge in [0.15, 0.2) is 11.4 Å². The highest BCUT2D eigenvalue weighted by Gasteiger charge is 2.70. The van der Waals surface area contributed by atoms with Crippen LogP contribution >= 0.6 is 0 Å². The number of hydrogen-bond acceptors (Lipinski definition) is 2. The van der Waals surface area contributed by atoms with Crippen molar-refractivity contribution >= 4 is 11.4 Å². The second-order valence-electron chi connectivity index (χ2n) is 8.19. The van der Waals surface area contributed by atoms with Crippen LogP contribution in [0.25, 0.3) is 5.57 Å². The second kappa shape index (κ2) is 6.76. The maximum Gasteiger partial charge on any atom is 0.181 e. The van der Waals surface area contributed by atoms with Crippen LogP contribution in [0.5, 0.6) is 5.75 Å². The Morgan fingerprint density at radius 2 is 1.25 bits per heavy atom. The maximum atomic E-state index is 14.1. The van der Waals surface area contributed by atoms with Crippen molar-refractivity contribution in [2.45, 2.75) is 11.0 Å². The molecule has 0 unspecified atom stereocenters. The number of carbonyl (C=O) groups is 1. The molecular weight excluding hydrogens is 399 g/mol. The van der Waals surface area contributed by atoms with E-state index in [-0.39, 0.29) is 11.6 Å². The van der Waals surface area contributed by atoms with Gasteiger partial charge in [-0.3, -0.25) is 4.79 Å². The van der Waals surface area contributed by atoms with Crippen LogP contribution in [0.4, 0.5) is 4.39 Å². The molecule has 2 nitrogen and oxygen atoms in total. The van der Waals surface area contributed by atoms with E-state index in [1.807, 2.05) is 84.9 Å². The first-order valence-corrected chi connectivity index (χ1v) is 10.6. The minimum atomic E-state index is -1.12. The van der Waals surface area contributed by atoms with E-state index in [0.717, 1.165) is 27.8 Å². The molecule has 1 aliphatic heterocycles. The zero-order valence-electron chi connectivity index (χ0n) is 17.2. The van der Waals surface area contributed by atoms with Gasteiger partial charge in [-0.2, -0.15) is 0 Å². The lowest BCUT2D eigenvalue weighted by molar-refractivity contribution is -0.120. The van der Waals surface area contributed by atoms with Crippen LogP contribution in [-0.4, -0.2) is 5.78 Å². The summed E-state index contributed by atoms with van der Waals surface area (Å²) in [4.78, 5) is 14.1. The lowest BCUT2D eigenvalue weighted by Crippen LogP contribution is -2.51. The summed E-state index contributed by atoms with van der Waals surface area (Å²) in [6.45, 7) is 0. The third-order valence-electron chi connectivity index (χ3n) is 6.65. The molecule has 0 saturated heterocycles. The normalized spacial score (nSPS) is 23.3. The fraction of sp³-hybridized carbons (Fsp3) is 0.0690. The Labute approximate surface area is 185 Å². The highest BCUT2D eigenvalue weighted by molar-refractivity contribution is 6.16. The Kier molecular flexibility index (Phi) is 3.96. The van der Waals surface area contributed by atoms with Gasteiger partial charge in [-0.15, -0.1) is 0 Å². The van der Waals surface area contributed by atoms with Crippen LogP contribution in [0.15, 0.2) is 115 Å². The van der Waals surface area contributed by atoms with Crippen molar-refractivity contribution in [1.29, 1.82) is 0 Å². The smallest absolute Gasteiger partial charge is 0.181 e. The standard InChI is InChI=1S/C29H19FO2/c30-23-17-15-20(16-18-23)25-19-27(31)28(21-9-3-1-4-10-21)24-13-7-8-14-26(24)32-29(25,28)22-11-5-2-6-12-22/h1-19H/t28-,29+/m0/s1. The molecule has 0 N–H and O–H groups in total. The summed E-state index contributed by atoms with van der Waals surface area (Å²) in [6.07, 6.45) is 1.68. The van der Waals surface area contributed by atoms with Crippen molar-refractivity contribution in [2.75, 3.05) is 0 Å². The topological polar surface area (TPSA) is 26.3 Å². The number of para-hydroxylation sites is 1. The van der Waals surface area contributed by atoms with Gasteiger partial charge in [-0.05, 0) is 35.4 Å². The molecule has 2 aliphatic rings. The molecular formula is C29H19FO2. The first-order chi connectivity index (χ1) is 15.7. The van der Waals surface area contributed by atoms with Gasteiger partial charge in [0.25, 0.3) is 0 Å². The Bertz CT molecular complexity index is 1360. The van der Waals surface area contributed by atoms with Gasteiger partial charge in [0.1, 0.15) is 17.0 Å². The summed E-state index contributed by atoms with van der Waals surface area (Å²) >= 11 is 0. The molecule has 6 rings (SSSR count). The van der Waals surface area contributed by atoms with Crippen LogP contribution in [0, 0.1) is 5.82 Å². The predicted molar refractivity (Wildman–Crippen MR) is 122 cm³/mol. The van der Waals surface area contributed by atoms with E-state index in [0.29, 0.717) is 5.75 Å². The van der Waals surface area contributed by atoms with Gasteiger partial charge in [-0.1, -0.05) is 91.0 Å². The summed E-state index contributed by atoms with van der Waals surface area (Å²) < 4.78 is 20.6. The van der Waals surface area contributed by atoms with E-state index in [1.165, 1.54) is 12.1 Å². The fourth-order valence-corrected chi connectivity index (χ4v) is 5.41. The number of halogens is 1. The highest BCUT2D eigenvalue weighted by Crippen LogP contribution is 2.66. The molecule has 1 aliphatic carbocycles. The average molecular weight is 418 g/mol. The molecule has 0 bridgehead atoms. The number of benzene rings is 4. The van der Waals surface area contributed by atoms with E-state index < -0.39 is 11.0 Å². The minimum Gasteiger partial charge on any atom is -0.476 e. The van der Waals surface area contributed by atoms with Crippen molar-refractivity contribution in [3.05, 3.63) is 143 Å². The van der Waals surface area contributed by atoms with Gasteiger partial charge < -0.3 is 4.74 Å². The molecule has 0 radical (unpaired) electrons. The van der Waals surface area contributed by atoms with Gasteiger partial charge >= 0.3 is 0 Å². The zero-order valence-corrected chi connectivity index (χ0v) is 17.2. The van der Waals surface area contributed by atoms with E-state index >= 15 is 0 Å². The fourth-order valence-electron chi connectivity index (χ4n) is 5.41. The molecule has 2 atom stereocenters. The Balaban J connectivity index is 1.75. The second-order valence-corrected chi connectivity index (χ2v) is 8.19. The first-order valence-electron chi connectivity index (χ1n) is 10.6. The van der Waals surface area contributed by atoms with Gasteiger partial charge in [0, 0.05) is 16.7 Å². The molecule has 0 fully saturated rings. The molecule has 0 amide bonds. The monoisotopic (exact) mass is 418 g/mol. The van der Waals surface area contributed by atoms with Crippen molar-refractivity contribution in [2.24, 2.45) is 0 Å². The Hall–Kier alpha value is -3.98. The summed E-state index contributed by atoms with van der Waals surface area (Å²) in [6, 6.07) is 33.7. The third kappa shape index (κ3) is 2.25. The van der Waals surface area contributed by atoms with Gasteiger partial charge in [0.05, 0.1) is 0 Å². The van der Waals surface area contributed by atoms with Crippen molar-refractivity contribution in [1.82, 2.24) is 0 Å². The molecule has 0 spiro atoms. The molecule has 4 aromatic rings. The Morgan fingerprint density at radius 1 is 0.656 bits per heavy atom. The third-order valence-corrected chi connectivity index (χ3v) is 6.65. The lowest BCUT2D eigenvalue weighted by atomic mass is 9.61. The van der Waals surface area contributed by atoms with E-state index in [4.69, 9.17) is 4.74 Å². The maximum absolute atomic E-state index is 14.1. The summed E-state index contributed by atoms with van der Waals surface area (Å²) in [5.41, 5.74) is 1.87. The van der Waals surface area contributed by atoms with Crippen LogP contribution < -0.4 is 4.74 Å². The minimum absolute atomic E-state index is 0.0446. The lowest BCUT2D eigenvalue weighted by Gasteiger charge is -2.41. The van der Waals surface area contributed by atoms with Crippen molar-refractivity contribution in [3.63, 3.8) is 0 Å². The molecule has 32 heavy (non-hydrogen) atoms. The number of rotatable bonds is 3. The SMILES string of the molecule is O=C1C=C(c2ccc(F)cc2)[C@@]2(c3ccccc3)Oc3ccccc3[C@@]12c1ccccc1. The summed E-state index contributed by atoms with van der Waals surface area (Å²) in [5, 5.41) is 0. The molecule has 1 heterocycles. The van der Waals surface area contributed by atoms with Crippen LogP contribution in [0.1, 0.15) is 22.3 Å². The van der Waals surface area contributed by atoms with E-state index in [2.05, 4.69) is 0 Å². The van der Waals surface area contributed by atoms with E-state index in [9.17, 15) is 9.18 Å². The number of fused-ring (bicyclic) bond motifs is 3. The average Bonchev–Trinajstić information content (AvgIpc) is 3.30. The summed E-state index contributed by atoms with van der Waals surface area (Å²) in [7, 11) is 0. The van der Waals surface area contributed by atoms with Crippen LogP contribution in [-0.2, 0) is 15.8 Å². The largest absolute Gasteiger partial charge is 0.476 e. The molecule has 154 valence electrons. The predicted octanol–water partition coefficient (Wildman–Crippen LogP) is 6.07. The quantitative estimate of drug-likeness (QED) is 0.404. The molecule has 4 aromatic carbocycles. The van der Waals surface area contributed by atoms with Crippen molar-refractivity contribution in [3.8, 4) is 5.75 Å². The zero-order chi connectivity index (χ0) is 21.8. The highest BCUT2D eigenvalue weighted by atomic mass is 19.1. The number of hydrogen-bond donors (Lipinski definition) is 0. The van der Waals surface area contributed by atoms with Crippen LogP contribution in [0.2, 0.25) is 0 Å². The number of ether oxygens (including phenoxy) is 1.